The minimum absolute atomic E-state index is 0.0300. The number of amides is 1. The molecule has 2 aliphatic rings. The van der Waals surface area contributed by atoms with Gasteiger partial charge in [0.1, 0.15) is 0 Å². The second-order valence-electron chi connectivity index (χ2n) is 5.84. The Kier molecular flexibility index (Phi) is 2.53. The van der Waals surface area contributed by atoms with E-state index in [9.17, 15) is 4.79 Å². The minimum Gasteiger partial charge on any atom is -0.326 e. The maximum atomic E-state index is 12.1. The van der Waals surface area contributed by atoms with E-state index in [2.05, 4.69) is 33.0 Å². The second kappa shape index (κ2) is 3.48. The maximum Gasteiger partial charge on any atom is 0.241 e. The molecule has 0 aromatic heterocycles. The predicted molar refractivity (Wildman–Crippen MR) is 60.3 cm³/mol. The molecule has 0 spiro atoms. The van der Waals surface area contributed by atoms with E-state index in [1.165, 1.54) is 12.8 Å². The van der Waals surface area contributed by atoms with Gasteiger partial charge in [0.05, 0.1) is 12.2 Å². The summed E-state index contributed by atoms with van der Waals surface area (Å²) < 4.78 is 0. The molecule has 1 aliphatic heterocycles. The van der Waals surface area contributed by atoms with Gasteiger partial charge in [-0.1, -0.05) is 20.8 Å². The van der Waals surface area contributed by atoms with Gasteiger partial charge in [0.25, 0.3) is 0 Å². The van der Waals surface area contributed by atoms with Gasteiger partial charge < -0.3 is 4.90 Å². The van der Waals surface area contributed by atoms with E-state index < -0.39 is 0 Å². The zero-order chi connectivity index (χ0) is 11.2. The summed E-state index contributed by atoms with van der Waals surface area (Å²) in [6.45, 7) is 9.50. The average Bonchev–Trinajstić information content (AvgIpc) is 2.81. The molecule has 0 aromatic rings. The van der Waals surface area contributed by atoms with Crippen LogP contribution in [0.4, 0.5) is 0 Å². The van der Waals surface area contributed by atoms with Crippen molar-refractivity contribution in [1.29, 1.82) is 0 Å². The quantitative estimate of drug-likeness (QED) is 0.767. The number of rotatable bonds is 3. The summed E-state index contributed by atoms with van der Waals surface area (Å²) in [6.07, 6.45) is 2.76. The van der Waals surface area contributed by atoms with Crippen LogP contribution in [-0.2, 0) is 4.79 Å². The zero-order valence-electron chi connectivity index (χ0n) is 10.2. The first kappa shape index (κ1) is 10.9. The van der Waals surface area contributed by atoms with Gasteiger partial charge in [0.15, 0.2) is 0 Å². The first-order chi connectivity index (χ1) is 6.93. The summed E-state index contributed by atoms with van der Waals surface area (Å²) in [5.41, 5.74) is 0.414. The highest BCUT2D eigenvalue weighted by Gasteiger charge is 2.45. The van der Waals surface area contributed by atoms with Crippen LogP contribution in [-0.4, -0.2) is 29.6 Å². The summed E-state index contributed by atoms with van der Waals surface area (Å²) in [7, 11) is 0. The van der Waals surface area contributed by atoms with Gasteiger partial charge in [-0.15, -0.1) is 0 Å². The Hall–Kier alpha value is -0.570. The molecule has 86 valence electrons. The summed E-state index contributed by atoms with van der Waals surface area (Å²) in [5.74, 6) is 0.683. The predicted octanol–water partition coefficient (Wildman–Crippen LogP) is 1.59. The van der Waals surface area contributed by atoms with Gasteiger partial charge in [-0.05, 0) is 31.1 Å². The van der Waals surface area contributed by atoms with Crippen LogP contribution in [0.25, 0.3) is 0 Å². The molecule has 1 N–H and O–H groups in total. The van der Waals surface area contributed by atoms with Crippen LogP contribution in [0.15, 0.2) is 0 Å². The Morgan fingerprint density at radius 1 is 1.53 bits per heavy atom. The highest BCUT2D eigenvalue weighted by molar-refractivity contribution is 5.84. The maximum absolute atomic E-state index is 12.1. The lowest BCUT2D eigenvalue weighted by Crippen LogP contribution is -2.38. The number of carbonyl (C=O) groups is 1. The van der Waals surface area contributed by atoms with Gasteiger partial charge >= 0.3 is 0 Å². The van der Waals surface area contributed by atoms with Gasteiger partial charge in [-0.2, -0.15) is 0 Å². The molecular formula is C12H22N2O. The molecular weight excluding hydrogens is 188 g/mol. The highest BCUT2D eigenvalue weighted by Crippen LogP contribution is 2.46. The molecule has 1 amide bonds. The van der Waals surface area contributed by atoms with E-state index in [4.69, 9.17) is 0 Å². The highest BCUT2D eigenvalue weighted by atomic mass is 16.2. The minimum atomic E-state index is 0.0300. The summed E-state index contributed by atoms with van der Waals surface area (Å²) >= 11 is 0. The standard InChI is InChI=1S/C12H22N2O/c1-8(2)10-11(15)14(9(3)13-10)7-12(4)5-6-12/h8-10,13H,5-7H2,1-4H3. The van der Waals surface area contributed by atoms with Crippen molar-refractivity contribution in [3.63, 3.8) is 0 Å². The second-order valence-corrected chi connectivity index (χ2v) is 5.84. The largest absolute Gasteiger partial charge is 0.326 e. The van der Waals surface area contributed by atoms with Gasteiger partial charge in [0, 0.05) is 6.54 Å². The zero-order valence-corrected chi connectivity index (χ0v) is 10.2. The number of hydrogen-bond donors (Lipinski definition) is 1. The van der Waals surface area contributed by atoms with Gasteiger partial charge in [-0.3, -0.25) is 10.1 Å². The van der Waals surface area contributed by atoms with Crippen molar-refractivity contribution in [2.45, 2.75) is 52.7 Å². The first-order valence-electron chi connectivity index (χ1n) is 5.99. The third kappa shape index (κ3) is 2.03. The van der Waals surface area contributed by atoms with Crippen molar-refractivity contribution in [2.24, 2.45) is 11.3 Å². The number of hydrogen-bond acceptors (Lipinski definition) is 2. The summed E-state index contributed by atoms with van der Waals surface area (Å²) in [6, 6.07) is 0.0300. The average molecular weight is 210 g/mol. The van der Waals surface area contributed by atoms with Crippen molar-refractivity contribution in [3.8, 4) is 0 Å². The van der Waals surface area contributed by atoms with Crippen LogP contribution in [0.2, 0.25) is 0 Å². The fourth-order valence-electron chi connectivity index (χ4n) is 2.27. The van der Waals surface area contributed by atoms with E-state index in [1.807, 2.05) is 4.90 Å². The molecule has 1 saturated heterocycles. The van der Waals surface area contributed by atoms with Crippen molar-refractivity contribution in [2.75, 3.05) is 6.54 Å². The number of nitrogens with one attached hydrogen (secondary N) is 1. The van der Waals surface area contributed by atoms with E-state index in [1.54, 1.807) is 0 Å². The lowest BCUT2D eigenvalue weighted by molar-refractivity contribution is -0.131. The van der Waals surface area contributed by atoms with Crippen LogP contribution in [0.3, 0.4) is 0 Å². The third-order valence-corrected chi connectivity index (χ3v) is 3.76. The lowest BCUT2D eigenvalue weighted by Gasteiger charge is -2.24. The van der Waals surface area contributed by atoms with Crippen molar-refractivity contribution >= 4 is 5.91 Å². The van der Waals surface area contributed by atoms with Crippen molar-refractivity contribution in [3.05, 3.63) is 0 Å². The van der Waals surface area contributed by atoms with Gasteiger partial charge in [0.2, 0.25) is 5.91 Å². The molecule has 1 saturated carbocycles. The Balaban J connectivity index is 2.02. The van der Waals surface area contributed by atoms with E-state index in [0.717, 1.165) is 6.54 Å². The van der Waals surface area contributed by atoms with E-state index in [-0.39, 0.29) is 12.2 Å². The third-order valence-electron chi connectivity index (χ3n) is 3.76. The van der Waals surface area contributed by atoms with E-state index in [0.29, 0.717) is 17.2 Å². The van der Waals surface area contributed by atoms with Crippen molar-refractivity contribution in [1.82, 2.24) is 10.2 Å². The number of nitrogens with zero attached hydrogens (tertiary/aromatic N) is 1. The fourth-order valence-corrected chi connectivity index (χ4v) is 2.27. The monoisotopic (exact) mass is 210 g/mol. The molecule has 2 unspecified atom stereocenters. The topological polar surface area (TPSA) is 32.3 Å². The smallest absolute Gasteiger partial charge is 0.241 e. The van der Waals surface area contributed by atoms with Crippen LogP contribution in [0.5, 0.6) is 0 Å². The van der Waals surface area contributed by atoms with Crippen LogP contribution < -0.4 is 5.32 Å². The lowest BCUT2D eigenvalue weighted by atomic mass is 10.0. The molecule has 2 rings (SSSR count). The Bertz CT molecular complexity index is 271. The Morgan fingerprint density at radius 3 is 2.53 bits per heavy atom. The Labute approximate surface area is 92.2 Å². The van der Waals surface area contributed by atoms with Crippen LogP contribution in [0.1, 0.15) is 40.5 Å². The van der Waals surface area contributed by atoms with Crippen molar-refractivity contribution < 1.29 is 4.79 Å². The van der Waals surface area contributed by atoms with Crippen LogP contribution in [0, 0.1) is 11.3 Å². The molecule has 2 fully saturated rings. The molecule has 0 radical (unpaired) electrons. The molecule has 1 aliphatic carbocycles. The van der Waals surface area contributed by atoms with Crippen LogP contribution >= 0.6 is 0 Å². The van der Waals surface area contributed by atoms with E-state index >= 15 is 0 Å². The molecule has 2 atom stereocenters. The molecule has 3 heteroatoms. The molecule has 0 bridgehead atoms. The molecule has 0 aromatic carbocycles. The summed E-state index contributed by atoms with van der Waals surface area (Å²) in [4.78, 5) is 14.2. The normalized spacial score (nSPS) is 33.9. The molecule has 3 nitrogen and oxygen atoms in total. The summed E-state index contributed by atoms with van der Waals surface area (Å²) in [5, 5.41) is 3.38. The fraction of sp³-hybridized carbons (Fsp3) is 0.917. The molecule has 15 heavy (non-hydrogen) atoms. The number of carbonyl (C=O) groups excluding carboxylic acids is 1. The Morgan fingerprint density at radius 2 is 2.13 bits per heavy atom. The molecule has 1 heterocycles. The van der Waals surface area contributed by atoms with Gasteiger partial charge in [-0.25, -0.2) is 0 Å². The SMILES string of the molecule is CC(C)C1NC(C)N(CC2(C)CC2)C1=O. The first-order valence-corrected chi connectivity index (χ1v) is 5.99.